The second-order valence-electron chi connectivity index (χ2n) is 7.78. The molecule has 1 fully saturated rings. The number of aromatic nitrogens is 3. The number of fused-ring (bicyclic) bond motifs is 1. The van der Waals surface area contributed by atoms with Gasteiger partial charge in [0.1, 0.15) is 12.1 Å². The number of nitrogens with zero attached hydrogens (tertiary/aromatic N) is 3. The number of nitrogens with one attached hydrogen (secondary N) is 1. The van der Waals surface area contributed by atoms with Crippen LogP contribution in [0.15, 0.2) is 12.1 Å². The van der Waals surface area contributed by atoms with Crippen LogP contribution in [0.2, 0.25) is 0 Å². The lowest BCUT2D eigenvalue weighted by Crippen LogP contribution is -2.24. The number of alkyl halides is 3. The third-order valence-corrected chi connectivity index (χ3v) is 3.89. The van der Waals surface area contributed by atoms with Crippen LogP contribution in [0.25, 0.3) is 11.2 Å². The molecule has 0 unspecified atom stereocenters. The van der Waals surface area contributed by atoms with E-state index in [0.29, 0.717) is 11.4 Å². The minimum atomic E-state index is -4.44. The molecule has 1 amide bonds. The highest BCUT2D eigenvalue weighted by atomic mass is 19.4. The third kappa shape index (κ3) is 4.49. The zero-order valence-corrected chi connectivity index (χ0v) is 14.4. The number of hydrogen-bond donors (Lipinski definition) is 1. The summed E-state index contributed by atoms with van der Waals surface area (Å²) in [5.74, 6) is -0.159. The van der Waals surface area contributed by atoms with Gasteiger partial charge in [-0.2, -0.15) is 13.2 Å². The topological polar surface area (TPSA) is 59.8 Å². The van der Waals surface area contributed by atoms with Crippen molar-refractivity contribution in [3.05, 3.63) is 17.8 Å². The van der Waals surface area contributed by atoms with Crippen LogP contribution in [-0.4, -0.2) is 26.6 Å². The number of imidazole rings is 1. The van der Waals surface area contributed by atoms with E-state index in [0.717, 1.165) is 23.1 Å². The first-order valence-corrected chi connectivity index (χ1v) is 8.26. The molecule has 1 saturated carbocycles. The van der Waals surface area contributed by atoms with Crippen molar-refractivity contribution in [3.63, 3.8) is 0 Å². The summed E-state index contributed by atoms with van der Waals surface area (Å²) in [5, 5.41) is 2.52. The van der Waals surface area contributed by atoms with Crippen LogP contribution in [0.1, 0.15) is 51.6 Å². The molecule has 8 heteroatoms. The fourth-order valence-corrected chi connectivity index (χ4v) is 2.70. The van der Waals surface area contributed by atoms with E-state index in [1.165, 1.54) is 0 Å². The predicted molar refractivity (Wildman–Crippen MR) is 88.3 cm³/mol. The molecule has 0 saturated heterocycles. The average Bonchev–Trinajstić information content (AvgIpc) is 3.22. The number of pyridine rings is 1. The number of carbonyl (C=O) groups excluding carboxylic acids is 1. The number of carbonyl (C=O) groups is 1. The van der Waals surface area contributed by atoms with E-state index in [1.807, 2.05) is 20.8 Å². The van der Waals surface area contributed by atoms with Gasteiger partial charge in [-0.25, -0.2) is 9.97 Å². The zero-order chi connectivity index (χ0) is 18.4. The Kier molecular flexibility index (Phi) is 4.25. The van der Waals surface area contributed by atoms with Crippen molar-refractivity contribution in [3.8, 4) is 0 Å². The number of hydrogen-bond acceptors (Lipinski definition) is 3. The van der Waals surface area contributed by atoms with Gasteiger partial charge in [0, 0.05) is 18.0 Å². The molecule has 1 N–H and O–H groups in total. The largest absolute Gasteiger partial charge is 0.406 e. The summed E-state index contributed by atoms with van der Waals surface area (Å²) < 4.78 is 40.0. The normalized spacial score (nSPS) is 15.6. The fraction of sp³-hybridized carbons (Fsp3) is 0.588. The van der Waals surface area contributed by atoms with E-state index in [-0.39, 0.29) is 29.3 Å². The Balaban J connectivity index is 1.98. The molecular formula is C17H21F3N4O. The molecule has 0 radical (unpaired) electrons. The summed E-state index contributed by atoms with van der Waals surface area (Å²) in [6.07, 6.45) is -2.25. The van der Waals surface area contributed by atoms with Gasteiger partial charge in [0.05, 0.1) is 0 Å². The molecule has 25 heavy (non-hydrogen) atoms. The van der Waals surface area contributed by atoms with E-state index in [1.54, 1.807) is 12.1 Å². The molecule has 0 spiro atoms. The summed E-state index contributed by atoms with van der Waals surface area (Å²) >= 11 is 0. The summed E-state index contributed by atoms with van der Waals surface area (Å²) in [5.41, 5.74) is 1.01. The Morgan fingerprint density at radius 3 is 2.48 bits per heavy atom. The van der Waals surface area contributed by atoms with Gasteiger partial charge in [-0.15, -0.1) is 0 Å². The molecule has 1 aliphatic rings. The predicted octanol–water partition coefficient (Wildman–Crippen LogP) is 4.25. The lowest BCUT2D eigenvalue weighted by Gasteiger charge is -2.17. The molecule has 136 valence electrons. The van der Waals surface area contributed by atoms with Crippen molar-refractivity contribution in [1.82, 2.24) is 14.5 Å². The fourth-order valence-electron chi connectivity index (χ4n) is 2.70. The number of amides is 1. The molecule has 0 bridgehead atoms. The van der Waals surface area contributed by atoms with Crippen molar-refractivity contribution in [2.45, 2.75) is 58.7 Å². The quantitative estimate of drug-likeness (QED) is 0.893. The molecule has 2 heterocycles. The molecule has 2 aromatic rings. The van der Waals surface area contributed by atoms with E-state index in [2.05, 4.69) is 15.3 Å². The maximum absolute atomic E-state index is 13.0. The highest BCUT2D eigenvalue weighted by Gasteiger charge is 2.32. The lowest BCUT2D eigenvalue weighted by atomic mass is 9.92. The van der Waals surface area contributed by atoms with Crippen molar-refractivity contribution in [1.29, 1.82) is 0 Å². The van der Waals surface area contributed by atoms with Gasteiger partial charge in [-0.05, 0) is 30.4 Å². The van der Waals surface area contributed by atoms with Gasteiger partial charge in [0.25, 0.3) is 0 Å². The summed E-state index contributed by atoms with van der Waals surface area (Å²) in [6.45, 7) is 4.41. The molecular weight excluding hydrogens is 333 g/mol. The molecule has 5 nitrogen and oxygen atoms in total. The van der Waals surface area contributed by atoms with Gasteiger partial charge < -0.3 is 0 Å². The number of rotatable bonds is 4. The molecule has 1 aliphatic carbocycles. The Morgan fingerprint density at radius 1 is 1.24 bits per heavy atom. The van der Waals surface area contributed by atoms with E-state index in [4.69, 9.17) is 0 Å². The van der Waals surface area contributed by atoms with Gasteiger partial charge in [-0.3, -0.25) is 14.7 Å². The van der Waals surface area contributed by atoms with Gasteiger partial charge in [0.15, 0.2) is 5.65 Å². The van der Waals surface area contributed by atoms with Crippen molar-refractivity contribution in [2.75, 3.05) is 5.32 Å². The molecule has 0 aromatic carbocycles. The minimum absolute atomic E-state index is 0.109. The molecule has 2 aromatic heterocycles. The lowest BCUT2D eigenvalue weighted by molar-refractivity contribution is -0.139. The Morgan fingerprint density at radius 2 is 1.92 bits per heavy atom. The van der Waals surface area contributed by atoms with Crippen LogP contribution in [-0.2, 0) is 11.3 Å². The second-order valence-corrected chi connectivity index (χ2v) is 7.78. The van der Waals surface area contributed by atoms with E-state index < -0.39 is 12.7 Å². The summed E-state index contributed by atoms with van der Waals surface area (Å²) in [6, 6.07) is 3.47. The number of anilines is 1. The Labute approximate surface area is 143 Å². The second kappa shape index (κ2) is 6.00. The maximum Gasteiger partial charge on any atom is 0.406 e. The maximum atomic E-state index is 13.0. The Bertz CT molecular complexity index is 801. The number of halogens is 3. The first-order chi connectivity index (χ1) is 11.5. The monoisotopic (exact) mass is 354 g/mol. The zero-order valence-electron chi connectivity index (χ0n) is 14.4. The highest BCUT2D eigenvalue weighted by molar-refractivity contribution is 5.91. The Hall–Kier alpha value is -2.12. The van der Waals surface area contributed by atoms with E-state index >= 15 is 0 Å². The first kappa shape index (κ1) is 17.7. The standard InChI is InChI=1S/C17H21F3N4O/c1-16(2,3)8-13(25)23-15-22-12-7-6-11(10-4-5-10)21-14(12)24(15)9-17(18,19)20/h6-7,10H,4-5,8-9H2,1-3H3,(H,22,23,25). The van der Waals surface area contributed by atoms with Crippen LogP contribution < -0.4 is 5.32 Å². The smallest absolute Gasteiger partial charge is 0.296 e. The summed E-state index contributed by atoms with van der Waals surface area (Å²) in [7, 11) is 0. The van der Waals surface area contributed by atoms with Crippen LogP contribution in [0.5, 0.6) is 0 Å². The van der Waals surface area contributed by atoms with Gasteiger partial charge >= 0.3 is 6.18 Å². The minimum Gasteiger partial charge on any atom is -0.296 e. The SMILES string of the molecule is CC(C)(C)CC(=O)Nc1nc2ccc(C3CC3)nc2n1CC(F)(F)F. The molecule has 0 aliphatic heterocycles. The van der Waals surface area contributed by atoms with Crippen LogP contribution in [0.4, 0.5) is 19.1 Å². The van der Waals surface area contributed by atoms with Gasteiger partial charge in [-0.1, -0.05) is 20.8 Å². The highest BCUT2D eigenvalue weighted by Crippen LogP contribution is 2.39. The third-order valence-electron chi connectivity index (χ3n) is 3.89. The van der Waals surface area contributed by atoms with Crippen molar-refractivity contribution < 1.29 is 18.0 Å². The molecule has 3 rings (SSSR count). The molecule has 0 atom stereocenters. The van der Waals surface area contributed by atoms with Crippen molar-refractivity contribution >= 4 is 23.0 Å². The van der Waals surface area contributed by atoms with Crippen LogP contribution >= 0.6 is 0 Å². The van der Waals surface area contributed by atoms with Gasteiger partial charge in [0.2, 0.25) is 11.9 Å². The van der Waals surface area contributed by atoms with E-state index in [9.17, 15) is 18.0 Å². The average molecular weight is 354 g/mol. The van der Waals surface area contributed by atoms with Crippen molar-refractivity contribution in [2.24, 2.45) is 5.41 Å². The first-order valence-electron chi connectivity index (χ1n) is 8.26. The summed E-state index contributed by atoms with van der Waals surface area (Å²) in [4.78, 5) is 20.7. The van der Waals surface area contributed by atoms with Crippen LogP contribution in [0, 0.1) is 5.41 Å². The van der Waals surface area contributed by atoms with Crippen LogP contribution in [0.3, 0.4) is 0 Å².